The van der Waals surface area contributed by atoms with Gasteiger partial charge >= 0.3 is 127 Å². The molecule has 4 aromatic rings. The predicted molar refractivity (Wildman–Crippen MR) is 198 cm³/mol. The fourth-order valence-corrected chi connectivity index (χ4v) is 3.90. The van der Waals surface area contributed by atoms with Crippen LogP contribution in [0.15, 0.2) is 99.6 Å². The average Bonchev–Trinajstić information content (AvgIpc) is 3.19. The summed E-state index contributed by atoms with van der Waals surface area (Å²) in [5.74, 6) is -11.9. The van der Waals surface area contributed by atoms with Crippen molar-refractivity contribution in [3.8, 4) is 0 Å². The Morgan fingerprint density at radius 3 is 1.01 bits per heavy atom. The molecule has 0 spiro atoms. The van der Waals surface area contributed by atoms with E-state index in [-0.39, 0.29) is 123 Å². The van der Waals surface area contributed by atoms with Crippen LogP contribution in [0, 0.1) is 29.1 Å². The molecule has 0 saturated carbocycles. The van der Waals surface area contributed by atoms with Crippen molar-refractivity contribution in [1.29, 1.82) is 0 Å². The summed E-state index contributed by atoms with van der Waals surface area (Å²) in [7, 11) is -10.8. The number of benzene rings is 4. The first-order chi connectivity index (χ1) is 29.4. The van der Waals surface area contributed by atoms with Gasteiger partial charge in [-0.05, 0) is 87.9 Å². The minimum absolute atomic E-state index is 0. The van der Waals surface area contributed by atoms with Gasteiger partial charge in [-0.25, -0.2) is 56.3 Å². The number of hydrogen-bond donors (Lipinski definition) is 1. The molecule has 0 radical (unpaired) electrons. The summed E-state index contributed by atoms with van der Waals surface area (Å²) in [6, 6.07) is 16.0. The third kappa shape index (κ3) is 45.5. The summed E-state index contributed by atoms with van der Waals surface area (Å²) >= 11 is 5.06. The van der Waals surface area contributed by atoms with Crippen LogP contribution in [0.5, 0.6) is 0 Å². The van der Waals surface area contributed by atoms with E-state index in [2.05, 4.69) is 12.6 Å². The topological polar surface area (TPSA) is 133 Å². The van der Waals surface area contributed by atoms with Gasteiger partial charge in [0.2, 0.25) is 0 Å². The molecule has 0 unspecified atom stereocenters. The zero-order valence-electron chi connectivity index (χ0n) is 32.8. The van der Waals surface area contributed by atoms with Crippen LogP contribution in [0.1, 0.15) is 26.0 Å². The van der Waals surface area contributed by atoms with Crippen LogP contribution in [0.25, 0.3) is 0 Å². The van der Waals surface area contributed by atoms with Crippen LogP contribution in [0.4, 0.5) is 91.5 Å². The zero-order chi connectivity index (χ0) is 51.6. The molecule has 0 amide bonds. The molecule has 0 bridgehead atoms. The molecule has 0 aliphatic carbocycles. The molecule has 4 aromatic carbocycles. The van der Waals surface area contributed by atoms with Crippen molar-refractivity contribution >= 4 is 45.4 Å². The number of hydrogen-bond acceptors (Lipinski definition) is 10. The standard InChI is InChI=1S/C14H9F5S.C8H5F5.C6H5FS.2C2H2F4O.2CH4.2FHO3S.2K/c15-8-14(18,19)12-6-5-11(7-13(12)17)20-10-3-1-9(16)2-4-10;9-4-8(12,13)6-2-1-5(10)3-7(6)11;7-5-1-3-6(8)4-2-5;2*3-1-2(4,5)7-6;;;2*1-5(2,3)4;;/h1-7H,8H2;1-3H,4H2;1-4,8H;2*1H2;2*1H4;2*(H,2,3,4);;/q;;;;;;;;;2*+1/p-2. The van der Waals surface area contributed by atoms with E-state index in [1.165, 1.54) is 42.5 Å². The van der Waals surface area contributed by atoms with E-state index >= 15 is 0 Å². The number of thiol groups is 1. The van der Waals surface area contributed by atoms with Crippen molar-refractivity contribution < 1.29 is 230 Å². The van der Waals surface area contributed by atoms with Gasteiger partial charge in [0.25, 0.3) is 21.0 Å². The van der Waals surface area contributed by atoms with E-state index in [0.29, 0.717) is 28.0 Å². The van der Waals surface area contributed by atoms with Gasteiger partial charge in [-0.15, -0.1) is 30.3 Å². The number of halogens is 21. The van der Waals surface area contributed by atoms with Crippen LogP contribution < -0.4 is 103 Å². The Labute approximate surface area is 475 Å². The summed E-state index contributed by atoms with van der Waals surface area (Å²) in [5.41, 5.74) is -2.10. The van der Waals surface area contributed by atoms with Crippen molar-refractivity contribution in [2.45, 2.75) is 53.6 Å². The maximum Gasteiger partial charge on any atom is 1.00 e. The molecule has 0 aliphatic heterocycles. The molecule has 8 nitrogen and oxygen atoms in total. The van der Waals surface area contributed by atoms with Gasteiger partial charge in [0, 0.05) is 20.8 Å². The molecular weight excluding hydrogens is 1140 g/mol. The summed E-state index contributed by atoms with van der Waals surface area (Å²) in [6.45, 7) is -8.23. The first-order valence-corrected chi connectivity index (χ1v) is 19.1. The Kier molecular flexibility index (Phi) is 47.1. The Bertz CT molecular complexity index is 2090. The quantitative estimate of drug-likeness (QED) is 0.0571. The third-order valence-corrected chi connectivity index (χ3v) is 6.70. The summed E-state index contributed by atoms with van der Waals surface area (Å²) in [5, 5.41) is 0. The van der Waals surface area contributed by atoms with Crippen molar-refractivity contribution in [1.82, 2.24) is 0 Å². The van der Waals surface area contributed by atoms with E-state index in [0.717, 1.165) is 28.8 Å². The smallest absolute Gasteiger partial charge is 0.722 e. The fraction of sp³-hybridized carbons (Fsp3) is 0.294. The predicted octanol–water partition coefficient (Wildman–Crippen LogP) is 7.33. The molecule has 69 heavy (non-hydrogen) atoms. The SMILES string of the molecule is C.C.FCC(F)(F)OF.FCC(F)(F)OF.FCC(F)(F)c1ccc(F)cc1F.FCC(F)(F)c1ccc(Sc2ccc(F)cc2)cc1F.Fc1ccc(S)cc1.O=S(=O)([O-])F.O=S(=O)([O-])F.[K+].[K+]. The summed E-state index contributed by atoms with van der Waals surface area (Å²) in [4.78, 5) is 5.54. The summed E-state index contributed by atoms with van der Waals surface area (Å²) < 4.78 is 295. The molecule has 0 heterocycles. The van der Waals surface area contributed by atoms with Crippen LogP contribution in [-0.4, -0.2) is 64.9 Å². The van der Waals surface area contributed by atoms with E-state index in [4.69, 9.17) is 25.9 Å². The average molecular weight is 1170 g/mol. The Morgan fingerprint density at radius 2 is 0.768 bits per heavy atom. The number of rotatable bonds is 10. The van der Waals surface area contributed by atoms with E-state index in [1.54, 1.807) is 12.1 Å². The molecule has 0 atom stereocenters. The first-order valence-electron chi connectivity index (χ1n) is 15.2. The first kappa shape index (κ1) is 82.2. The zero-order valence-corrected chi connectivity index (χ0v) is 42.4. The van der Waals surface area contributed by atoms with Gasteiger partial charge in [0.05, 0.1) is 11.1 Å². The maximum atomic E-state index is 13.6. The van der Waals surface area contributed by atoms with Crippen LogP contribution in [-0.2, 0) is 42.7 Å². The van der Waals surface area contributed by atoms with Crippen molar-refractivity contribution in [2.75, 3.05) is 26.7 Å². The Balaban J connectivity index is -0.000000138. The minimum atomic E-state index is -5.42. The normalized spacial score (nSPS) is 10.8. The van der Waals surface area contributed by atoms with E-state index in [9.17, 15) is 91.5 Å². The maximum absolute atomic E-state index is 13.6. The summed E-state index contributed by atoms with van der Waals surface area (Å²) in [6.07, 6.45) is -8.50. The molecule has 4 rings (SSSR count). The van der Waals surface area contributed by atoms with Crippen molar-refractivity contribution in [3.63, 3.8) is 0 Å². The molecule has 388 valence electrons. The van der Waals surface area contributed by atoms with Gasteiger partial charge in [0.1, 0.15) is 29.1 Å². The second kappa shape index (κ2) is 39.6. The Morgan fingerprint density at radius 1 is 0.493 bits per heavy atom. The monoisotopic (exact) mass is 1170 g/mol. The second-order valence-electron chi connectivity index (χ2n) is 10.5. The third-order valence-electron chi connectivity index (χ3n) is 5.41. The van der Waals surface area contributed by atoms with E-state index in [1.807, 2.05) is 9.88 Å². The van der Waals surface area contributed by atoms with Gasteiger partial charge in [0.15, 0.2) is 26.7 Å². The molecular formula is C34H31F21K2O8S4. The second-order valence-corrected chi connectivity index (χ2v) is 13.7. The van der Waals surface area contributed by atoms with Crippen molar-refractivity contribution in [2.24, 2.45) is 0 Å². The largest absolute Gasteiger partial charge is 1.00 e. The van der Waals surface area contributed by atoms with Crippen molar-refractivity contribution in [3.05, 3.63) is 125 Å². The van der Waals surface area contributed by atoms with Gasteiger partial charge < -0.3 is 9.11 Å². The minimum Gasteiger partial charge on any atom is -0.722 e. The molecule has 0 saturated heterocycles. The molecule has 0 aromatic heterocycles. The molecule has 35 heteroatoms. The van der Waals surface area contributed by atoms with Gasteiger partial charge in [-0.2, -0.15) is 35.1 Å². The molecule has 0 aliphatic rings. The number of alkyl halides is 12. The molecule has 0 N–H and O–H groups in total. The van der Waals surface area contributed by atoms with E-state index < -0.39 is 106 Å². The van der Waals surface area contributed by atoms with Crippen LogP contribution in [0.3, 0.4) is 0 Å². The van der Waals surface area contributed by atoms with Gasteiger partial charge in [-0.3, -0.25) is 0 Å². The van der Waals surface area contributed by atoms with Crippen LogP contribution >= 0.6 is 24.4 Å². The van der Waals surface area contributed by atoms with Gasteiger partial charge in [-0.1, -0.05) is 26.6 Å². The van der Waals surface area contributed by atoms with Crippen LogP contribution in [0.2, 0.25) is 0 Å². The molecule has 0 fully saturated rings. The Hall–Kier alpha value is -0.877. The fourth-order valence-electron chi connectivity index (χ4n) is 2.91.